The summed E-state index contributed by atoms with van der Waals surface area (Å²) in [6, 6.07) is -0.640. The summed E-state index contributed by atoms with van der Waals surface area (Å²) in [4.78, 5) is 24.3. The van der Waals surface area contributed by atoms with E-state index in [4.69, 9.17) is 4.74 Å². The lowest BCUT2D eigenvalue weighted by Gasteiger charge is -2.20. The van der Waals surface area contributed by atoms with E-state index < -0.39 is 12.1 Å². The summed E-state index contributed by atoms with van der Waals surface area (Å²) in [5, 5.41) is 22.9. The zero-order valence-corrected chi connectivity index (χ0v) is 34.5. The second-order valence-electron chi connectivity index (χ2n) is 15.4. The molecule has 0 aromatic carbocycles. The molecule has 6 nitrogen and oxygen atoms in total. The predicted molar refractivity (Wildman–Crippen MR) is 223 cm³/mol. The molecule has 6 heteroatoms. The number of aliphatic hydroxyl groups is 2. The van der Waals surface area contributed by atoms with Crippen molar-refractivity contribution in [3.05, 3.63) is 24.3 Å². The monoisotopic (exact) mass is 734 g/mol. The topological polar surface area (TPSA) is 95.9 Å². The van der Waals surface area contributed by atoms with E-state index in [1.807, 2.05) is 6.08 Å². The van der Waals surface area contributed by atoms with Crippen LogP contribution in [0.4, 0.5) is 0 Å². The van der Waals surface area contributed by atoms with Crippen molar-refractivity contribution in [2.45, 2.75) is 244 Å². The molecule has 2 atom stereocenters. The molecule has 2 unspecified atom stereocenters. The van der Waals surface area contributed by atoms with Gasteiger partial charge in [-0.2, -0.15) is 0 Å². The van der Waals surface area contributed by atoms with Gasteiger partial charge < -0.3 is 20.3 Å². The molecule has 0 aliphatic carbocycles. The molecule has 0 saturated heterocycles. The number of aliphatic hydroxyl groups excluding tert-OH is 2. The van der Waals surface area contributed by atoms with E-state index in [0.717, 1.165) is 57.8 Å². The smallest absolute Gasteiger partial charge is 0.305 e. The number of esters is 1. The van der Waals surface area contributed by atoms with Crippen LogP contribution in [0.5, 0.6) is 0 Å². The average molecular weight is 734 g/mol. The van der Waals surface area contributed by atoms with Crippen molar-refractivity contribution in [3.8, 4) is 0 Å². The molecule has 306 valence electrons. The Morgan fingerprint density at radius 3 is 1.38 bits per heavy atom. The Kier molecular flexibility index (Phi) is 40.7. The van der Waals surface area contributed by atoms with E-state index >= 15 is 0 Å². The number of hydrogen-bond donors (Lipinski definition) is 3. The fourth-order valence-electron chi connectivity index (χ4n) is 6.68. The summed E-state index contributed by atoms with van der Waals surface area (Å²) < 4.78 is 5.43. The van der Waals surface area contributed by atoms with E-state index in [0.29, 0.717) is 19.4 Å². The highest BCUT2D eigenvalue weighted by Gasteiger charge is 2.18. The zero-order chi connectivity index (χ0) is 38.0. The normalized spacial score (nSPS) is 12.9. The summed E-state index contributed by atoms with van der Waals surface area (Å²) in [7, 11) is 0. The molecule has 0 aromatic rings. The van der Waals surface area contributed by atoms with Crippen molar-refractivity contribution in [2.24, 2.45) is 0 Å². The number of hydrogen-bond acceptors (Lipinski definition) is 5. The van der Waals surface area contributed by atoms with Gasteiger partial charge in [-0.3, -0.25) is 9.59 Å². The van der Waals surface area contributed by atoms with E-state index in [1.54, 1.807) is 6.08 Å². The molecule has 3 N–H and O–H groups in total. The van der Waals surface area contributed by atoms with Gasteiger partial charge in [-0.05, 0) is 57.8 Å². The summed E-state index contributed by atoms with van der Waals surface area (Å²) in [6.45, 7) is 4.81. The van der Waals surface area contributed by atoms with Crippen LogP contribution >= 0.6 is 0 Å². The highest BCUT2D eigenvalue weighted by atomic mass is 16.5. The Bertz CT molecular complexity index is 813. The zero-order valence-electron chi connectivity index (χ0n) is 34.5. The van der Waals surface area contributed by atoms with Crippen LogP contribution in [0.25, 0.3) is 0 Å². The number of allylic oxidation sites excluding steroid dienone is 3. The van der Waals surface area contributed by atoms with E-state index in [9.17, 15) is 19.8 Å². The third-order valence-electron chi connectivity index (χ3n) is 10.2. The molecular formula is C46H87NO5. The van der Waals surface area contributed by atoms with Crippen LogP contribution in [0, 0.1) is 0 Å². The first kappa shape index (κ1) is 50.3. The lowest BCUT2D eigenvalue weighted by Crippen LogP contribution is -2.45. The van der Waals surface area contributed by atoms with Crippen molar-refractivity contribution in [1.29, 1.82) is 0 Å². The number of carbonyl (C=O) groups is 2. The van der Waals surface area contributed by atoms with Crippen LogP contribution in [0.2, 0.25) is 0 Å². The molecule has 0 aliphatic rings. The number of unbranched alkanes of at least 4 members (excludes halogenated alkanes) is 28. The molecule has 0 bridgehead atoms. The van der Waals surface area contributed by atoms with Gasteiger partial charge in [0.1, 0.15) is 0 Å². The Balaban J connectivity index is 3.51. The van der Waals surface area contributed by atoms with Crippen molar-refractivity contribution >= 4 is 11.9 Å². The standard InChI is InChI=1S/C46H87NO5/c1-3-5-7-9-11-13-15-16-20-24-28-32-36-40-46(51)52-41-37-33-29-25-21-17-19-23-27-31-35-39-45(50)47-43(42-48)44(49)38-34-30-26-22-18-14-12-10-8-6-4-2/h13,15,34,38,43-44,48-49H,3-12,14,16-33,35-37,39-42H2,1-2H3,(H,47,50)/b15-13-,38-34+. The first-order valence-corrected chi connectivity index (χ1v) is 22.6. The minimum Gasteiger partial charge on any atom is -0.466 e. The molecule has 52 heavy (non-hydrogen) atoms. The molecule has 1 amide bonds. The van der Waals surface area contributed by atoms with Crippen molar-refractivity contribution < 1.29 is 24.5 Å². The maximum atomic E-state index is 12.4. The third kappa shape index (κ3) is 38.1. The maximum Gasteiger partial charge on any atom is 0.305 e. The first-order chi connectivity index (χ1) is 25.5. The van der Waals surface area contributed by atoms with Gasteiger partial charge in [0.2, 0.25) is 5.91 Å². The van der Waals surface area contributed by atoms with E-state index in [-0.39, 0.29) is 18.5 Å². The van der Waals surface area contributed by atoms with Gasteiger partial charge in [0.15, 0.2) is 0 Å². The number of ether oxygens (including phenoxy) is 1. The minimum atomic E-state index is -0.854. The van der Waals surface area contributed by atoms with Crippen molar-refractivity contribution in [3.63, 3.8) is 0 Å². The molecule has 0 rings (SSSR count). The average Bonchev–Trinajstić information content (AvgIpc) is 3.14. The minimum absolute atomic E-state index is 0.0257. The molecular weight excluding hydrogens is 647 g/mol. The second-order valence-corrected chi connectivity index (χ2v) is 15.4. The Labute approximate surface area is 322 Å². The molecule has 0 spiro atoms. The van der Waals surface area contributed by atoms with E-state index in [1.165, 1.54) is 148 Å². The van der Waals surface area contributed by atoms with Crippen LogP contribution in [-0.4, -0.2) is 47.4 Å². The highest BCUT2D eigenvalue weighted by Crippen LogP contribution is 2.14. The highest BCUT2D eigenvalue weighted by molar-refractivity contribution is 5.76. The number of rotatable bonds is 41. The molecule has 0 aromatic heterocycles. The van der Waals surface area contributed by atoms with Gasteiger partial charge >= 0.3 is 5.97 Å². The van der Waals surface area contributed by atoms with Crippen LogP contribution in [0.3, 0.4) is 0 Å². The van der Waals surface area contributed by atoms with Crippen LogP contribution < -0.4 is 5.32 Å². The molecule has 0 saturated carbocycles. The number of nitrogens with one attached hydrogen (secondary N) is 1. The molecule has 0 fully saturated rings. The lowest BCUT2D eigenvalue weighted by molar-refractivity contribution is -0.143. The summed E-state index contributed by atoms with van der Waals surface area (Å²) >= 11 is 0. The van der Waals surface area contributed by atoms with Gasteiger partial charge in [0.25, 0.3) is 0 Å². The molecule has 0 radical (unpaired) electrons. The van der Waals surface area contributed by atoms with Gasteiger partial charge in [-0.15, -0.1) is 0 Å². The van der Waals surface area contributed by atoms with Crippen molar-refractivity contribution in [2.75, 3.05) is 13.2 Å². The first-order valence-electron chi connectivity index (χ1n) is 22.6. The third-order valence-corrected chi connectivity index (χ3v) is 10.2. The maximum absolute atomic E-state index is 12.4. The molecule has 0 heterocycles. The number of carbonyl (C=O) groups excluding carboxylic acids is 2. The van der Waals surface area contributed by atoms with Crippen LogP contribution in [0.1, 0.15) is 232 Å². The van der Waals surface area contributed by atoms with Gasteiger partial charge in [-0.1, -0.05) is 186 Å². The van der Waals surface area contributed by atoms with Gasteiger partial charge in [0, 0.05) is 12.8 Å². The Hall–Kier alpha value is -1.66. The summed E-state index contributed by atoms with van der Waals surface area (Å²) in [5.41, 5.74) is 0. The molecule has 0 aliphatic heterocycles. The second kappa shape index (κ2) is 42.1. The van der Waals surface area contributed by atoms with Crippen LogP contribution in [0.15, 0.2) is 24.3 Å². The Morgan fingerprint density at radius 2 is 0.904 bits per heavy atom. The quantitative estimate of drug-likeness (QED) is 0.0330. The largest absolute Gasteiger partial charge is 0.466 e. The fraction of sp³-hybridized carbons (Fsp3) is 0.870. The fourth-order valence-corrected chi connectivity index (χ4v) is 6.68. The Morgan fingerprint density at radius 1 is 0.519 bits per heavy atom. The SMILES string of the molecule is CCCCCC/C=C\CCCCCCCC(=O)OCCCCCCCCCCCCCC(=O)NC(CO)C(O)/C=C/CCCCCCCCCCC. The summed E-state index contributed by atoms with van der Waals surface area (Å²) in [6.07, 6.45) is 47.3. The lowest BCUT2D eigenvalue weighted by atomic mass is 10.0. The summed E-state index contributed by atoms with van der Waals surface area (Å²) in [5.74, 6) is -0.115. The van der Waals surface area contributed by atoms with Gasteiger partial charge in [-0.25, -0.2) is 0 Å². The van der Waals surface area contributed by atoms with Crippen molar-refractivity contribution in [1.82, 2.24) is 5.32 Å². The number of amides is 1. The predicted octanol–water partition coefficient (Wildman–Crippen LogP) is 12.8. The van der Waals surface area contributed by atoms with E-state index in [2.05, 4.69) is 31.3 Å². The van der Waals surface area contributed by atoms with Gasteiger partial charge in [0.05, 0.1) is 25.4 Å². The van der Waals surface area contributed by atoms with Crippen LogP contribution in [-0.2, 0) is 14.3 Å².